The standard InChI is InChI=1S/C9H9F7O3/c1-2-5(17)18-3-4-19-9(15,16)8(13,14)6(10)7(11)12/h2,6-7H,1,3-4H2. The number of carbonyl (C=O) groups is 1. The molecule has 0 radical (unpaired) electrons. The van der Waals surface area contributed by atoms with Crippen LogP contribution in [0.15, 0.2) is 12.7 Å². The minimum absolute atomic E-state index is 0.668. The van der Waals surface area contributed by atoms with Crippen molar-refractivity contribution in [3.8, 4) is 0 Å². The molecule has 0 rings (SSSR count). The first-order valence-electron chi connectivity index (χ1n) is 4.67. The van der Waals surface area contributed by atoms with Crippen LogP contribution in [0.2, 0.25) is 0 Å². The molecule has 0 bridgehead atoms. The van der Waals surface area contributed by atoms with E-state index in [0.717, 1.165) is 0 Å². The van der Waals surface area contributed by atoms with Crippen molar-refractivity contribution in [2.75, 3.05) is 13.2 Å². The van der Waals surface area contributed by atoms with E-state index < -0.39 is 43.8 Å². The summed E-state index contributed by atoms with van der Waals surface area (Å²) < 4.78 is 93.8. The molecule has 0 spiro atoms. The Bertz CT molecular complexity index is 319. The van der Waals surface area contributed by atoms with Crippen LogP contribution >= 0.6 is 0 Å². The Morgan fingerprint density at radius 3 is 2.11 bits per heavy atom. The SMILES string of the molecule is C=CC(=O)OCCOC(F)(F)C(F)(F)C(F)C(F)F. The monoisotopic (exact) mass is 298 g/mol. The van der Waals surface area contributed by atoms with E-state index in [1.165, 1.54) is 0 Å². The summed E-state index contributed by atoms with van der Waals surface area (Å²) in [6.45, 7) is 0.857. The predicted molar refractivity (Wildman–Crippen MR) is 47.9 cm³/mol. The maximum absolute atomic E-state index is 12.7. The average molecular weight is 298 g/mol. The molecule has 10 heteroatoms. The van der Waals surface area contributed by atoms with Crippen molar-refractivity contribution in [1.29, 1.82) is 0 Å². The Morgan fingerprint density at radius 1 is 1.16 bits per heavy atom. The number of rotatable bonds is 8. The molecule has 0 aliphatic heterocycles. The second-order valence-corrected chi connectivity index (χ2v) is 3.10. The zero-order chi connectivity index (χ0) is 15.3. The second kappa shape index (κ2) is 6.73. The second-order valence-electron chi connectivity index (χ2n) is 3.10. The van der Waals surface area contributed by atoms with Crippen molar-refractivity contribution in [3.63, 3.8) is 0 Å². The predicted octanol–water partition coefficient (Wildman–Crippen LogP) is 2.56. The maximum atomic E-state index is 12.7. The summed E-state index contributed by atoms with van der Waals surface area (Å²) in [7, 11) is 0. The minimum atomic E-state index is -5.72. The molecule has 0 aromatic rings. The van der Waals surface area contributed by atoms with E-state index in [9.17, 15) is 35.5 Å². The van der Waals surface area contributed by atoms with Crippen LogP contribution in [-0.2, 0) is 14.3 Å². The van der Waals surface area contributed by atoms with Gasteiger partial charge < -0.3 is 9.47 Å². The highest BCUT2D eigenvalue weighted by Gasteiger charge is 2.66. The molecule has 0 aromatic carbocycles. The highest BCUT2D eigenvalue weighted by atomic mass is 19.3. The molecule has 0 saturated carbocycles. The van der Waals surface area contributed by atoms with E-state index in [2.05, 4.69) is 16.1 Å². The molecule has 0 aliphatic rings. The Kier molecular flexibility index (Phi) is 6.27. The molecule has 112 valence electrons. The van der Waals surface area contributed by atoms with Gasteiger partial charge in [0.1, 0.15) is 6.61 Å². The number of halogens is 7. The minimum Gasteiger partial charge on any atom is -0.460 e. The van der Waals surface area contributed by atoms with E-state index in [4.69, 9.17) is 0 Å². The Morgan fingerprint density at radius 2 is 1.68 bits per heavy atom. The molecule has 0 amide bonds. The highest BCUT2D eigenvalue weighted by molar-refractivity contribution is 5.81. The average Bonchev–Trinajstić information content (AvgIpc) is 2.32. The first-order valence-corrected chi connectivity index (χ1v) is 4.67. The van der Waals surface area contributed by atoms with Crippen LogP contribution in [0.1, 0.15) is 0 Å². The van der Waals surface area contributed by atoms with Gasteiger partial charge in [0.2, 0.25) is 6.17 Å². The quantitative estimate of drug-likeness (QED) is 0.299. The van der Waals surface area contributed by atoms with Crippen LogP contribution in [0.3, 0.4) is 0 Å². The fourth-order valence-electron chi connectivity index (χ4n) is 0.786. The molecule has 0 heterocycles. The maximum Gasteiger partial charge on any atom is 0.422 e. The van der Waals surface area contributed by atoms with Gasteiger partial charge in [0, 0.05) is 6.08 Å². The van der Waals surface area contributed by atoms with E-state index >= 15 is 0 Å². The van der Waals surface area contributed by atoms with E-state index in [-0.39, 0.29) is 0 Å². The number of alkyl halides is 7. The molecule has 1 atom stereocenters. The number of hydrogen-bond acceptors (Lipinski definition) is 3. The first kappa shape index (κ1) is 17.7. The van der Waals surface area contributed by atoms with Crippen molar-refractivity contribution in [3.05, 3.63) is 12.7 Å². The van der Waals surface area contributed by atoms with Crippen molar-refractivity contribution in [2.24, 2.45) is 0 Å². The lowest BCUT2D eigenvalue weighted by atomic mass is 10.2. The molecule has 19 heavy (non-hydrogen) atoms. The lowest BCUT2D eigenvalue weighted by molar-refractivity contribution is -0.370. The smallest absolute Gasteiger partial charge is 0.422 e. The van der Waals surface area contributed by atoms with E-state index in [1.807, 2.05) is 0 Å². The summed E-state index contributed by atoms with van der Waals surface area (Å²) in [6, 6.07) is 0. The largest absolute Gasteiger partial charge is 0.460 e. The summed E-state index contributed by atoms with van der Waals surface area (Å²) in [4.78, 5) is 10.4. The number of ether oxygens (including phenoxy) is 2. The summed E-state index contributed by atoms with van der Waals surface area (Å²) in [5, 5.41) is 0. The molecule has 3 nitrogen and oxygen atoms in total. The van der Waals surface area contributed by atoms with Gasteiger partial charge in [-0.3, -0.25) is 0 Å². The normalized spacial score (nSPS) is 14.3. The third-order valence-electron chi connectivity index (χ3n) is 1.73. The third-order valence-corrected chi connectivity index (χ3v) is 1.73. The van der Waals surface area contributed by atoms with Gasteiger partial charge in [0.05, 0.1) is 6.61 Å². The van der Waals surface area contributed by atoms with Crippen molar-refractivity contribution in [1.82, 2.24) is 0 Å². The van der Waals surface area contributed by atoms with Gasteiger partial charge in [-0.2, -0.15) is 17.6 Å². The van der Waals surface area contributed by atoms with E-state index in [1.54, 1.807) is 0 Å². The summed E-state index contributed by atoms with van der Waals surface area (Å²) in [5.41, 5.74) is 0. The molecule has 0 aromatic heterocycles. The van der Waals surface area contributed by atoms with Gasteiger partial charge in [0.25, 0.3) is 6.43 Å². The van der Waals surface area contributed by atoms with Crippen LogP contribution in [0.25, 0.3) is 0 Å². The van der Waals surface area contributed by atoms with Crippen LogP contribution in [0.4, 0.5) is 30.7 Å². The first-order chi connectivity index (χ1) is 8.56. The van der Waals surface area contributed by atoms with Crippen molar-refractivity contribution in [2.45, 2.75) is 24.6 Å². The molecule has 0 saturated heterocycles. The summed E-state index contributed by atoms with van der Waals surface area (Å²) in [6.07, 6.45) is -13.5. The lowest BCUT2D eigenvalue weighted by Gasteiger charge is -2.28. The number of hydrogen-bond donors (Lipinski definition) is 0. The van der Waals surface area contributed by atoms with Crippen LogP contribution in [0.5, 0.6) is 0 Å². The zero-order valence-corrected chi connectivity index (χ0v) is 9.22. The summed E-state index contributed by atoms with van der Waals surface area (Å²) in [5.74, 6) is -6.75. The van der Waals surface area contributed by atoms with Gasteiger partial charge in [-0.25, -0.2) is 18.0 Å². The Hall–Kier alpha value is -1.32. The topological polar surface area (TPSA) is 35.5 Å². The molecule has 0 fully saturated rings. The third kappa shape index (κ3) is 4.69. The number of esters is 1. The van der Waals surface area contributed by atoms with E-state index in [0.29, 0.717) is 6.08 Å². The van der Waals surface area contributed by atoms with Crippen molar-refractivity contribution >= 4 is 5.97 Å². The van der Waals surface area contributed by atoms with Crippen molar-refractivity contribution < 1.29 is 45.0 Å². The molecular weight excluding hydrogens is 289 g/mol. The zero-order valence-electron chi connectivity index (χ0n) is 9.22. The summed E-state index contributed by atoms with van der Waals surface area (Å²) >= 11 is 0. The Labute approximate surface area is 103 Å². The molecule has 0 N–H and O–H groups in total. The molecule has 0 aliphatic carbocycles. The fraction of sp³-hybridized carbons (Fsp3) is 0.667. The Balaban J connectivity index is 4.44. The van der Waals surface area contributed by atoms with Crippen LogP contribution < -0.4 is 0 Å². The van der Waals surface area contributed by atoms with Gasteiger partial charge >= 0.3 is 18.0 Å². The fourth-order valence-corrected chi connectivity index (χ4v) is 0.786. The van der Waals surface area contributed by atoms with Crippen LogP contribution in [-0.4, -0.2) is 43.8 Å². The lowest BCUT2D eigenvalue weighted by Crippen LogP contribution is -2.52. The van der Waals surface area contributed by atoms with Gasteiger partial charge in [0.15, 0.2) is 0 Å². The highest BCUT2D eigenvalue weighted by Crippen LogP contribution is 2.41. The molecular formula is C9H9F7O3. The molecule has 1 unspecified atom stereocenters. The number of carbonyl (C=O) groups excluding carboxylic acids is 1. The van der Waals surface area contributed by atoms with Gasteiger partial charge in [-0.15, -0.1) is 0 Å². The van der Waals surface area contributed by atoms with Crippen LogP contribution in [0, 0.1) is 0 Å². The van der Waals surface area contributed by atoms with Gasteiger partial charge in [-0.1, -0.05) is 6.58 Å². The van der Waals surface area contributed by atoms with Gasteiger partial charge in [-0.05, 0) is 0 Å².